The first-order valence-corrected chi connectivity index (χ1v) is 8.48. The van der Waals surface area contributed by atoms with Crippen molar-refractivity contribution in [2.24, 2.45) is 0 Å². The van der Waals surface area contributed by atoms with Crippen LogP contribution in [0.3, 0.4) is 0 Å². The van der Waals surface area contributed by atoms with Crippen molar-refractivity contribution in [1.82, 2.24) is 9.80 Å². The molecule has 1 N–H and O–H groups in total. The monoisotopic (exact) mass is 376 g/mol. The lowest BCUT2D eigenvalue weighted by Crippen LogP contribution is -2.48. The van der Waals surface area contributed by atoms with Gasteiger partial charge in [-0.3, -0.25) is 14.5 Å². The highest BCUT2D eigenvalue weighted by Crippen LogP contribution is 2.27. The van der Waals surface area contributed by atoms with E-state index in [4.69, 9.17) is 28.3 Å². The average Bonchev–Trinajstić information content (AvgIpc) is 2.55. The normalized spacial score (nSPS) is 15.8. The van der Waals surface area contributed by atoms with Crippen molar-refractivity contribution in [2.75, 3.05) is 26.2 Å². The molecular formula is C16H19Cl2FN2O3. The first-order valence-electron chi connectivity index (χ1n) is 7.73. The molecule has 1 aromatic rings. The van der Waals surface area contributed by atoms with Gasteiger partial charge in [-0.2, -0.15) is 0 Å². The van der Waals surface area contributed by atoms with Crippen molar-refractivity contribution in [3.63, 3.8) is 0 Å². The number of hydrogen-bond donors (Lipinski definition) is 1. The SMILES string of the molecule is CCN(CC(=O)O)C1CCN(C(=O)c2cc(F)c(Cl)cc2Cl)CC1. The fraction of sp³-hybridized carbons (Fsp3) is 0.500. The number of hydrogen-bond acceptors (Lipinski definition) is 3. The molecule has 1 aliphatic rings. The molecule has 1 heterocycles. The summed E-state index contributed by atoms with van der Waals surface area (Å²) in [4.78, 5) is 26.9. The van der Waals surface area contributed by atoms with Crippen molar-refractivity contribution < 1.29 is 19.1 Å². The van der Waals surface area contributed by atoms with E-state index in [-0.39, 0.29) is 34.1 Å². The summed E-state index contributed by atoms with van der Waals surface area (Å²) in [7, 11) is 0. The molecule has 8 heteroatoms. The van der Waals surface area contributed by atoms with Gasteiger partial charge in [-0.1, -0.05) is 30.1 Å². The minimum Gasteiger partial charge on any atom is -0.480 e. The van der Waals surface area contributed by atoms with Crippen LogP contribution in [0.2, 0.25) is 10.0 Å². The van der Waals surface area contributed by atoms with Gasteiger partial charge in [0.25, 0.3) is 5.91 Å². The van der Waals surface area contributed by atoms with Crippen LogP contribution in [0.15, 0.2) is 12.1 Å². The van der Waals surface area contributed by atoms with Gasteiger partial charge >= 0.3 is 5.97 Å². The Kier molecular flexibility index (Phi) is 6.43. The largest absolute Gasteiger partial charge is 0.480 e. The number of piperidine rings is 1. The summed E-state index contributed by atoms with van der Waals surface area (Å²) in [6, 6.07) is 2.40. The lowest BCUT2D eigenvalue weighted by atomic mass is 10.0. The molecule has 1 aliphatic heterocycles. The number of carboxylic acid groups (broad SMARTS) is 1. The second kappa shape index (κ2) is 8.14. The summed E-state index contributed by atoms with van der Waals surface area (Å²) < 4.78 is 13.6. The third-order valence-electron chi connectivity index (χ3n) is 4.25. The molecule has 0 unspecified atom stereocenters. The summed E-state index contributed by atoms with van der Waals surface area (Å²) in [5.41, 5.74) is 0.0925. The number of carbonyl (C=O) groups excluding carboxylic acids is 1. The summed E-state index contributed by atoms with van der Waals surface area (Å²) in [5.74, 6) is -1.88. The molecule has 0 spiro atoms. The van der Waals surface area contributed by atoms with Crippen molar-refractivity contribution in [3.8, 4) is 0 Å². The molecule has 0 saturated carbocycles. The number of rotatable bonds is 5. The molecule has 0 bridgehead atoms. The van der Waals surface area contributed by atoms with E-state index in [1.807, 2.05) is 11.8 Å². The molecule has 0 radical (unpaired) electrons. The molecular weight excluding hydrogens is 358 g/mol. The van der Waals surface area contributed by atoms with Gasteiger partial charge in [-0.15, -0.1) is 0 Å². The van der Waals surface area contributed by atoms with E-state index in [2.05, 4.69) is 0 Å². The lowest BCUT2D eigenvalue weighted by Gasteiger charge is -2.37. The second-order valence-electron chi connectivity index (χ2n) is 5.73. The van der Waals surface area contributed by atoms with Gasteiger partial charge in [0, 0.05) is 19.1 Å². The Morgan fingerprint density at radius 1 is 1.29 bits per heavy atom. The average molecular weight is 377 g/mol. The molecule has 1 amide bonds. The van der Waals surface area contributed by atoms with Crippen molar-refractivity contribution in [3.05, 3.63) is 33.6 Å². The van der Waals surface area contributed by atoms with E-state index in [1.54, 1.807) is 4.90 Å². The predicted molar refractivity (Wildman–Crippen MR) is 90.2 cm³/mol. The number of carboxylic acids is 1. The van der Waals surface area contributed by atoms with Crippen molar-refractivity contribution in [1.29, 1.82) is 0 Å². The predicted octanol–water partition coefficient (Wildman–Crippen LogP) is 3.14. The minimum atomic E-state index is -0.862. The van der Waals surface area contributed by atoms with Crippen LogP contribution in [-0.2, 0) is 4.79 Å². The van der Waals surface area contributed by atoms with Crippen LogP contribution < -0.4 is 0 Å². The number of halogens is 3. The van der Waals surface area contributed by atoms with E-state index in [1.165, 1.54) is 6.07 Å². The van der Waals surface area contributed by atoms with Gasteiger partial charge in [-0.25, -0.2) is 4.39 Å². The molecule has 24 heavy (non-hydrogen) atoms. The lowest BCUT2D eigenvalue weighted by molar-refractivity contribution is -0.139. The molecule has 1 saturated heterocycles. The third kappa shape index (κ3) is 4.37. The van der Waals surface area contributed by atoms with Crippen LogP contribution in [0.25, 0.3) is 0 Å². The maximum absolute atomic E-state index is 13.6. The van der Waals surface area contributed by atoms with Crippen LogP contribution in [0.1, 0.15) is 30.1 Å². The van der Waals surface area contributed by atoms with Crippen LogP contribution in [0.4, 0.5) is 4.39 Å². The zero-order chi connectivity index (χ0) is 17.9. The Balaban J connectivity index is 2.03. The molecule has 0 atom stereocenters. The fourth-order valence-corrected chi connectivity index (χ4v) is 3.43. The first kappa shape index (κ1) is 19.0. The van der Waals surface area contributed by atoms with Gasteiger partial charge in [-0.05, 0) is 31.5 Å². The number of likely N-dealkylation sites (tertiary alicyclic amines) is 1. The Morgan fingerprint density at radius 3 is 2.46 bits per heavy atom. The van der Waals surface area contributed by atoms with Crippen molar-refractivity contribution >= 4 is 35.1 Å². The third-order valence-corrected chi connectivity index (χ3v) is 4.86. The van der Waals surface area contributed by atoms with Gasteiger partial charge in [0.15, 0.2) is 0 Å². The zero-order valence-corrected chi connectivity index (χ0v) is 14.8. The molecule has 0 aromatic heterocycles. The number of carbonyl (C=O) groups is 2. The van der Waals surface area contributed by atoms with Crippen LogP contribution >= 0.6 is 23.2 Å². The van der Waals surface area contributed by atoms with Crippen LogP contribution in [0.5, 0.6) is 0 Å². The highest BCUT2D eigenvalue weighted by atomic mass is 35.5. The Hall–Kier alpha value is -1.37. The zero-order valence-electron chi connectivity index (χ0n) is 13.3. The van der Waals surface area contributed by atoms with Gasteiger partial charge in [0.1, 0.15) is 5.82 Å². The van der Waals surface area contributed by atoms with E-state index in [0.717, 1.165) is 6.07 Å². The van der Waals surface area contributed by atoms with E-state index in [0.29, 0.717) is 32.5 Å². The maximum atomic E-state index is 13.6. The molecule has 5 nitrogen and oxygen atoms in total. The second-order valence-corrected chi connectivity index (χ2v) is 6.54. The highest BCUT2D eigenvalue weighted by Gasteiger charge is 2.28. The van der Waals surface area contributed by atoms with Gasteiger partial charge in [0.05, 0.1) is 22.2 Å². The number of amides is 1. The minimum absolute atomic E-state index is 0.0106. The number of nitrogens with zero attached hydrogens (tertiary/aromatic N) is 2. The quantitative estimate of drug-likeness (QED) is 0.801. The van der Waals surface area contributed by atoms with E-state index >= 15 is 0 Å². The van der Waals surface area contributed by atoms with E-state index < -0.39 is 11.8 Å². The standard InChI is InChI=1S/C16H19Cl2FN2O3/c1-2-20(9-15(22)23)10-3-5-21(6-4-10)16(24)11-7-14(19)13(18)8-12(11)17/h7-8,10H,2-6,9H2,1H3,(H,22,23). The molecule has 2 rings (SSSR count). The molecule has 1 fully saturated rings. The summed E-state index contributed by atoms with van der Waals surface area (Å²) in [6.45, 7) is 3.49. The van der Waals surface area contributed by atoms with Gasteiger partial charge < -0.3 is 10.0 Å². The Bertz CT molecular complexity index is 634. The Labute approximate surface area is 149 Å². The summed E-state index contributed by atoms with van der Waals surface area (Å²) >= 11 is 11.7. The number of likely N-dealkylation sites (N-methyl/N-ethyl adjacent to an activating group) is 1. The fourth-order valence-electron chi connectivity index (χ4n) is 2.96. The van der Waals surface area contributed by atoms with E-state index in [9.17, 15) is 14.0 Å². The first-order chi connectivity index (χ1) is 11.3. The number of benzene rings is 1. The van der Waals surface area contributed by atoms with Crippen LogP contribution in [0, 0.1) is 5.82 Å². The molecule has 1 aromatic carbocycles. The smallest absolute Gasteiger partial charge is 0.317 e. The Morgan fingerprint density at radius 2 is 1.92 bits per heavy atom. The molecule has 132 valence electrons. The van der Waals surface area contributed by atoms with Crippen molar-refractivity contribution in [2.45, 2.75) is 25.8 Å². The van der Waals surface area contributed by atoms with Gasteiger partial charge in [0.2, 0.25) is 0 Å². The topological polar surface area (TPSA) is 60.9 Å². The van der Waals surface area contributed by atoms with Crippen LogP contribution in [-0.4, -0.2) is 59.0 Å². The maximum Gasteiger partial charge on any atom is 0.317 e. The highest BCUT2D eigenvalue weighted by molar-refractivity contribution is 6.36. The number of aliphatic carboxylic acids is 1. The molecule has 0 aliphatic carbocycles. The summed E-state index contributed by atoms with van der Waals surface area (Å²) in [6.07, 6.45) is 1.33. The summed E-state index contributed by atoms with van der Waals surface area (Å²) in [5, 5.41) is 8.94.